The van der Waals surface area contributed by atoms with E-state index in [1.807, 2.05) is 53.9 Å². The number of nitrogens with one attached hydrogen (secondary N) is 1. The maximum absolute atomic E-state index is 4.54. The topological polar surface area (TPSA) is 12.0 Å². The van der Waals surface area contributed by atoms with Gasteiger partial charge in [-0.25, -0.2) is 0 Å². The Kier molecular flexibility index (Phi) is 14.1. The van der Waals surface area contributed by atoms with E-state index in [1.165, 1.54) is 79.3 Å². The third-order valence-corrected chi connectivity index (χ3v) is 16.3. The molecule has 0 aliphatic carbocycles. The molecule has 0 fully saturated rings. The fourth-order valence-corrected chi connectivity index (χ4v) is 11.8. The van der Waals surface area contributed by atoms with E-state index in [1.54, 1.807) is 0 Å². The lowest BCUT2D eigenvalue weighted by atomic mass is 9.77. The molecule has 342 valence electrons. The van der Waals surface area contributed by atoms with Crippen LogP contribution in [0.15, 0.2) is 225 Å². The first kappa shape index (κ1) is 47.0. The highest BCUT2D eigenvalue weighted by molar-refractivity contribution is 7.26. The maximum Gasteiger partial charge on any atom is 0.0463 e. The molecular formula is C66H61NS2. The predicted molar refractivity (Wildman–Crippen MR) is 309 cm³/mol. The molecule has 1 N–H and O–H groups in total. The SMILES string of the molecule is C=C(/C=C\C(=C(/C)C(C)(C)CC)C(C)/C=C\Cc1cc(-c2cccc3c2sc2ccccc23)cc(-c2cccc3c2sc2ccccc23)c1)c1ccc(Nc2ccccc2C(=C)/C=C\C=C/C)cc1. The van der Waals surface area contributed by atoms with E-state index in [0.717, 1.165) is 46.5 Å². The Hall–Kier alpha value is -7.04. The molecule has 0 aliphatic rings. The van der Waals surface area contributed by atoms with Crippen LogP contribution in [0.1, 0.15) is 64.7 Å². The van der Waals surface area contributed by atoms with Crippen molar-refractivity contribution in [3.63, 3.8) is 0 Å². The van der Waals surface area contributed by atoms with Crippen molar-refractivity contribution >= 4 is 85.5 Å². The van der Waals surface area contributed by atoms with E-state index in [2.05, 4.69) is 229 Å². The lowest BCUT2D eigenvalue weighted by Gasteiger charge is -2.28. The molecule has 0 radical (unpaired) electrons. The zero-order chi connectivity index (χ0) is 48.1. The summed E-state index contributed by atoms with van der Waals surface area (Å²) < 4.78 is 5.33. The maximum atomic E-state index is 4.54. The van der Waals surface area contributed by atoms with Gasteiger partial charge in [-0.1, -0.05) is 210 Å². The number of hydrogen-bond acceptors (Lipinski definition) is 3. The van der Waals surface area contributed by atoms with Crippen molar-refractivity contribution in [3.05, 3.63) is 241 Å². The highest BCUT2D eigenvalue weighted by atomic mass is 32.1. The molecule has 2 aromatic heterocycles. The normalized spacial score (nSPS) is 13.2. The smallest absolute Gasteiger partial charge is 0.0463 e. The number of fused-ring (bicyclic) bond motifs is 6. The molecule has 1 unspecified atom stereocenters. The molecule has 1 atom stereocenters. The summed E-state index contributed by atoms with van der Waals surface area (Å²) in [6.45, 7) is 22.5. The van der Waals surface area contributed by atoms with E-state index >= 15 is 0 Å². The van der Waals surface area contributed by atoms with Gasteiger partial charge in [0.25, 0.3) is 0 Å². The van der Waals surface area contributed by atoms with Gasteiger partial charge in [-0.05, 0) is 125 Å². The summed E-state index contributed by atoms with van der Waals surface area (Å²) in [5.41, 5.74) is 15.3. The van der Waals surface area contributed by atoms with Crippen LogP contribution < -0.4 is 5.32 Å². The van der Waals surface area contributed by atoms with Crippen molar-refractivity contribution in [3.8, 4) is 22.3 Å². The summed E-state index contributed by atoms with van der Waals surface area (Å²) >= 11 is 3.80. The van der Waals surface area contributed by atoms with Crippen molar-refractivity contribution in [2.75, 3.05) is 5.32 Å². The fourth-order valence-electron chi connectivity index (χ4n) is 9.31. The average molecular weight is 932 g/mol. The number of rotatable bonds is 16. The van der Waals surface area contributed by atoms with Gasteiger partial charge in [0.1, 0.15) is 0 Å². The van der Waals surface area contributed by atoms with Gasteiger partial charge >= 0.3 is 0 Å². The second-order valence-corrected chi connectivity index (χ2v) is 20.8. The number of anilines is 2. The van der Waals surface area contributed by atoms with Crippen molar-refractivity contribution < 1.29 is 0 Å². The van der Waals surface area contributed by atoms with E-state index in [9.17, 15) is 0 Å². The molecule has 0 spiro atoms. The Balaban J connectivity index is 1.01. The number of para-hydroxylation sites is 1. The minimum atomic E-state index is 0.0466. The number of thiophene rings is 2. The van der Waals surface area contributed by atoms with E-state index in [4.69, 9.17) is 0 Å². The summed E-state index contributed by atoms with van der Waals surface area (Å²) in [6.07, 6.45) is 19.3. The Morgan fingerprint density at radius 1 is 0.638 bits per heavy atom. The predicted octanol–water partition coefficient (Wildman–Crippen LogP) is 20.4. The standard InChI is InChI=1S/C66H61NS2/c1-9-11-12-22-46(5)54-25-13-16-32-61(54)67-52-38-36-49(37-39-52)44(3)35-40-53(47(6)66(7,8)10-2)45(4)23-19-24-48-41-50(55-28-20-30-59-57-26-14-17-33-62(57)68-64(55)59)43-51(42-48)56-29-21-31-60-58-27-15-18-34-63(58)69-65(56)60/h9,11-23,25-43,45,67H,3,5,10,24H2,1-2,4,6-8H3/b11-9-,22-12-,23-19-,40-35-,53-47-. The van der Waals surface area contributed by atoms with Crippen LogP contribution in [0.25, 0.3) is 73.7 Å². The molecule has 2 heterocycles. The largest absolute Gasteiger partial charge is 0.355 e. The highest BCUT2D eigenvalue weighted by Gasteiger charge is 2.22. The van der Waals surface area contributed by atoms with Crippen LogP contribution in [0.3, 0.4) is 0 Å². The van der Waals surface area contributed by atoms with Crippen LogP contribution in [0.2, 0.25) is 0 Å². The summed E-state index contributed by atoms with van der Waals surface area (Å²) in [4.78, 5) is 0. The average Bonchev–Trinajstić information content (AvgIpc) is 3.95. The Labute approximate surface area is 417 Å². The van der Waals surface area contributed by atoms with Gasteiger partial charge in [-0.2, -0.15) is 0 Å². The van der Waals surface area contributed by atoms with Crippen LogP contribution in [0.5, 0.6) is 0 Å². The van der Waals surface area contributed by atoms with Crippen LogP contribution in [0.4, 0.5) is 11.4 Å². The lowest BCUT2D eigenvalue weighted by molar-refractivity contribution is 0.423. The summed E-state index contributed by atoms with van der Waals surface area (Å²) in [5.74, 6) is 0.191. The van der Waals surface area contributed by atoms with Gasteiger partial charge in [-0.3, -0.25) is 0 Å². The zero-order valence-corrected chi connectivity index (χ0v) is 42.4. The third kappa shape index (κ3) is 10.1. The van der Waals surface area contributed by atoms with Crippen molar-refractivity contribution in [2.45, 2.75) is 54.4 Å². The van der Waals surface area contributed by atoms with Gasteiger partial charge < -0.3 is 5.32 Å². The molecule has 0 saturated heterocycles. The van der Waals surface area contributed by atoms with Gasteiger partial charge in [0.05, 0.1) is 0 Å². The lowest BCUT2D eigenvalue weighted by Crippen LogP contribution is -2.15. The third-order valence-electron chi connectivity index (χ3n) is 13.9. The number of hydrogen-bond donors (Lipinski definition) is 1. The number of benzene rings is 7. The first-order valence-corrected chi connectivity index (χ1v) is 25.8. The molecular weight excluding hydrogens is 871 g/mol. The first-order valence-electron chi connectivity index (χ1n) is 24.2. The van der Waals surface area contributed by atoms with Gasteiger partial charge in [0, 0.05) is 57.3 Å². The van der Waals surface area contributed by atoms with Crippen molar-refractivity contribution in [2.24, 2.45) is 11.3 Å². The van der Waals surface area contributed by atoms with Crippen molar-refractivity contribution in [1.82, 2.24) is 0 Å². The second kappa shape index (κ2) is 20.7. The van der Waals surface area contributed by atoms with Gasteiger partial charge in [-0.15, -0.1) is 22.7 Å². The summed E-state index contributed by atoms with van der Waals surface area (Å²) in [7, 11) is 0. The van der Waals surface area contributed by atoms with Crippen LogP contribution in [-0.4, -0.2) is 0 Å². The minimum absolute atomic E-state index is 0.0466. The van der Waals surface area contributed by atoms with Gasteiger partial charge in [0.15, 0.2) is 0 Å². The van der Waals surface area contributed by atoms with Crippen molar-refractivity contribution in [1.29, 1.82) is 0 Å². The fraction of sp³-hybridized carbons (Fsp3) is 0.152. The molecule has 1 nitrogen and oxygen atoms in total. The van der Waals surface area contributed by atoms with Crippen LogP contribution >= 0.6 is 22.7 Å². The summed E-state index contributed by atoms with van der Waals surface area (Å²) in [5, 5.41) is 8.91. The van der Waals surface area contributed by atoms with Crippen LogP contribution in [0, 0.1) is 11.3 Å². The van der Waals surface area contributed by atoms with Crippen LogP contribution in [-0.2, 0) is 6.42 Å². The van der Waals surface area contributed by atoms with E-state index in [-0.39, 0.29) is 11.3 Å². The summed E-state index contributed by atoms with van der Waals surface area (Å²) in [6, 6.07) is 55.4. The van der Waals surface area contributed by atoms with E-state index in [0.29, 0.717) is 0 Å². The molecule has 0 aliphatic heterocycles. The Morgan fingerprint density at radius 3 is 1.83 bits per heavy atom. The molecule has 0 amide bonds. The molecule has 0 saturated carbocycles. The monoisotopic (exact) mass is 931 g/mol. The molecule has 9 rings (SSSR count). The number of allylic oxidation sites excluding steroid dienone is 12. The highest BCUT2D eigenvalue weighted by Crippen LogP contribution is 2.44. The minimum Gasteiger partial charge on any atom is -0.355 e. The quantitative estimate of drug-likeness (QED) is 0.0752. The Bertz CT molecular complexity index is 3390. The molecule has 69 heavy (non-hydrogen) atoms. The molecule has 7 aromatic carbocycles. The zero-order valence-electron chi connectivity index (χ0n) is 40.8. The first-order chi connectivity index (χ1) is 33.5. The Morgan fingerprint density at radius 2 is 1.22 bits per heavy atom. The van der Waals surface area contributed by atoms with E-state index < -0.39 is 0 Å². The molecule has 0 bridgehead atoms. The molecule has 3 heteroatoms. The molecule has 9 aromatic rings. The second-order valence-electron chi connectivity index (χ2n) is 18.7. The van der Waals surface area contributed by atoms with Gasteiger partial charge in [0.2, 0.25) is 0 Å².